The van der Waals surface area contributed by atoms with Crippen LogP contribution in [0.3, 0.4) is 0 Å². The standard InChI is InChI=1S/C10H10N4O4S/c1-13-9(16)11-12-10(13)19-8-3-2-6(5-15)4-7(8)14(17)18/h2-4,15H,5H2,1H3,(H,11,16). The number of aromatic amines is 1. The SMILES string of the molecule is Cn1c(Sc2ccc(CO)cc2[N+](=O)[O-])n[nH]c1=O. The maximum atomic E-state index is 11.2. The van der Waals surface area contributed by atoms with E-state index in [2.05, 4.69) is 10.2 Å². The lowest BCUT2D eigenvalue weighted by Gasteiger charge is -2.03. The first-order chi connectivity index (χ1) is 9.02. The van der Waals surface area contributed by atoms with Crippen LogP contribution in [0.2, 0.25) is 0 Å². The van der Waals surface area contributed by atoms with Crippen LogP contribution < -0.4 is 5.69 Å². The van der Waals surface area contributed by atoms with Gasteiger partial charge in [0, 0.05) is 13.1 Å². The Hall–Kier alpha value is -2.13. The first-order valence-corrected chi connectivity index (χ1v) is 6.02. The van der Waals surface area contributed by atoms with Crippen molar-refractivity contribution in [1.82, 2.24) is 14.8 Å². The third-order valence-electron chi connectivity index (χ3n) is 2.44. The summed E-state index contributed by atoms with van der Waals surface area (Å²) in [7, 11) is 1.52. The van der Waals surface area contributed by atoms with Crippen molar-refractivity contribution in [2.24, 2.45) is 7.05 Å². The highest BCUT2D eigenvalue weighted by Crippen LogP contribution is 2.33. The number of hydrogen-bond acceptors (Lipinski definition) is 6. The lowest BCUT2D eigenvalue weighted by atomic mass is 10.2. The highest BCUT2D eigenvalue weighted by Gasteiger charge is 2.18. The van der Waals surface area contributed by atoms with Crippen LogP contribution in [0.15, 0.2) is 33.0 Å². The number of nitro benzene ring substituents is 1. The molecule has 0 unspecified atom stereocenters. The fourth-order valence-electron chi connectivity index (χ4n) is 1.41. The molecule has 0 aliphatic rings. The van der Waals surface area contributed by atoms with Gasteiger partial charge in [0.15, 0.2) is 5.16 Å². The molecule has 0 aliphatic carbocycles. The van der Waals surface area contributed by atoms with Crippen LogP contribution in [0.4, 0.5) is 5.69 Å². The molecule has 1 aromatic heterocycles. The maximum absolute atomic E-state index is 11.2. The predicted octanol–water partition coefficient (Wildman–Crippen LogP) is 0.660. The second kappa shape index (κ2) is 5.24. The molecule has 2 N–H and O–H groups in total. The van der Waals surface area contributed by atoms with Gasteiger partial charge >= 0.3 is 5.69 Å². The van der Waals surface area contributed by atoms with E-state index in [1.165, 1.54) is 23.7 Å². The minimum atomic E-state index is -0.535. The zero-order valence-corrected chi connectivity index (χ0v) is 10.7. The summed E-state index contributed by atoms with van der Waals surface area (Å²) in [5.74, 6) is 0. The van der Waals surface area contributed by atoms with Gasteiger partial charge in [0.05, 0.1) is 16.4 Å². The fourth-order valence-corrected chi connectivity index (χ4v) is 2.29. The molecule has 0 saturated heterocycles. The smallest absolute Gasteiger partial charge is 0.343 e. The second-order valence-corrected chi connectivity index (χ2v) is 4.70. The Labute approximate surface area is 111 Å². The molecular formula is C10H10N4O4S. The molecule has 2 rings (SSSR count). The van der Waals surface area contributed by atoms with Crippen LogP contribution in [-0.4, -0.2) is 24.8 Å². The monoisotopic (exact) mass is 282 g/mol. The fraction of sp³-hybridized carbons (Fsp3) is 0.200. The summed E-state index contributed by atoms with van der Waals surface area (Å²) in [6.45, 7) is -0.271. The number of aliphatic hydroxyl groups excluding tert-OH is 1. The molecule has 0 spiro atoms. The number of nitro groups is 1. The highest BCUT2D eigenvalue weighted by atomic mass is 32.2. The van der Waals surface area contributed by atoms with Crippen molar-refractivity contribution in [3.8, 4) is 0 Å². The Morgan fingerprint density at radius 3 is 2.84 bits per heavy atom. The van der Waals surface area contributed by atoms with Crippen molar-refractivity contribution in [3.05, 3.63) is 44.4 Å². The van der Waals surface area contributed by atoms with Gasteiger partial charge in [0.2, 0.25) is 0 Å². The van der Waals surface area contributed by atoms with E-state index in [0.29, 0.717) is 15.6 Å². The Morgan fingerprint density at radius 2 is 2.32 bits per heavy atom. The van der Waals surface area contributed by atoms with E-state index in [-0.39, 0.29) is 12.3 Å². The highest BCUT2D eigenvalue weighted by molar-refractivity contribution is 7.99. The van der Waals surface area contributed by atoms with E-state index in [1.54, 1.807) is 6.07 Å². The molecule has 0 fully saturated rings. The van der Waals surface area contributed by atoms with E-state index in [4.69, 9.17) is 5.11 Å². The first kappa shape index (κ1) is 13.3. The zero-order chi connectivity index (χ0) is 14.0. The summed E-state index contributed by atoms with van der Waals surface area (Å²) < 4.78 is 1.26. The van der Waals surface area contributed by atoms with Gasteiger partial charge < -0.3 is 5.11 Å². The van der Waals surface area contributed by atoms with Crippen LogP contribution in [0, 0.1) is 10.1 Å². The summed E-state index contributed by atoms with van der Waals surface area (Å²) in [6, 6.07) is 4.40. The number of nitrogens with one attached hydrogen (secondary N) is 1. The van der Waals surface area contributed by atoms with Gasteiger partial charge in [0.25, 0.3) is 5.69 Å². The van der Waals surface area contributed by atoms with Crippen molar-refractivity contribution in [1.29, 1.82) is 0 Å². The van der Waals surface area contributed by atoms with Gasteiger partial charge in [-0.25, -0.2) is 9.89 Å². The van der Waals surface area contributed by atoms with E-state index < -0.39 is 10.6 Å². The second-order valence-electron chi connectivity index (χ2n) is 3.69. The Bertz CT molecular complexity index is 678. The average molecular weight is 282 g/mol. The molecule has 1 heterocycles. The van der Waals surface area contributed by atoms with Crippen LogP contribution >= 0.6 is 11.8 Å². The quantitative estimate of drug-likeness (QED) is 0.629. The molecule has 19 heavy (non-hydrogen) atoms. The topological polar surface area (TPSA) is 114 Å². The van der Waals surface area contributed by atoms with Gasteiger partial charge in [-0.3, -0.25) is 14.7 Å². The molecule has 0 saturated carbocycles. The number of benzene rings is 1. The Morgan fingerprint density at radius 1 is 1.58 bits per heavy atom. The number of nitrogens with zero attached hydrogens (tertiary/aromatic N) is 3. The number of aliphatic hydroxyl groups is 1. The number of rotatable bonds is 4. The van der Waals surface area contributed by atoms with E-state index in [1.807, 2.05) is 0 Å². The minimum absolute atomic E-state index is 0.132. The van der Waals surface area contributed by atoms with Gasteiger partial charge in [-0.05, 0) is 23.4 Å². The van der Waals surface area contributed by atoms with E-state index >= 15 is 0 Å². The number of hydrogen-bond donors (Lipinski definition) is 2. The Kier molecular flexibility index (Phi) is 3.67. The van der Waals surface area contributed by atoms with E-state index in [0.717, 1.165) is 11.8 Å². The molecule has 0 atom stereocenters. The van der Waals surface area contributed by atoms with E-state index in [9.17, 15) is 14.9 Å². The molecule has 8 nitrogen and oxygen atoms in total. The summed E-state index contributed by atoms with van der Waals surface area (Å²) in [6.07, 6.45) is 0. The van der Waals surface area contributed by atoms with Gasteiger partial charge in [-0.2, -0.15) is 0 Å². The summed E-state index contributed by atoms with van der Waals surface area (Å²) in [5, 5.41) is 26.3. The summed E-state index contributed by atoms with van der Waals surface area (Å²) in [4.78, 5) is 22.0. The minimum Gasteiger partial charge on any atom is -0.392 e. The average Bonchev–Trinajstić information content (AvgIpc) is 2.71. The van der Waals surface area contributed by atoms with Gasteiger partial charge in [-0.15, -0.1) is 5.10 Å². The largest absolute Gasteiger partial charge is 0.392 e. The lowest BCUT2D eigenvalue weighted by Crippen LogP contribution is -2.12. The molecule has 2 aromatic rings. The molecule has 0 amide bonds. The Balaban J connectivity index is 2.42. The molecular weight excluding hydrogens is 272 g/mol. The molecule has 1 aromatic carbocycles. The van der Waals surface area contributed by atoms with Crippen molar-refractivity contribution >= 4 is 17.4 Å². The molecule has 9 heteroatoms. The van der Waals surface area contributed by atoms with Crippen LogP contribution in [0.25, 0.3) is 0 Å². The van der Waals surface area contributed by atoms with Gasteiger partial charge in [0.1, 0.15) is 0 Å². The molecule has 100 valence electrons. The third kappa shape index (κ3) is 2.66. The van der Waals surface area contributed by atoms with Gasteiger partial charge in [-0.1, -0.05) is 6.07 Å². The molecule has 0 radical (unpaired) electrons. The van der Waals surface area contributed by atoms with Crippen LogP contribution in [0.5, 0.6) is 0 Å². The van der Waals surface area contributed by atoms with Crippen LogP contribution in [-0.2, 0) is 13.7 Å². The lowest BCUT2D eigenvalue weighted by molar-refractivity contribution is -0.387. The number of aromatic nitrogens is 3. The maximum Gasteiger partial charge on any atom is 0.343 e. The first-order valence-electron chi connectivity index (χ1n) is 5.20. The summed E-state index contributed by atoms with van der Waals surface area (Å²) in [5.41, 5.74) is -0.0731. The zero-order valence-electron chi connectivity index (χ0n) is 9.86. The van der Waals surface area contributed by atoms with Crippen molar-refractivity contribution < 1.29 is 10.0 Å². The van der Waals surface area contributed by atoms with Crippen LogP contribution in [0.1, 0.15) is 5.56 Å². The molecule has 0 bridgehead atoms. The molecule has 0 aliphatic heterocycles. The third-order valence-corrected chi connectivity index (χ3v) is 3.56. The predicted molar refractivity (Wildman–Crippen MR) is 67.0 cm³/mol. The van der Waals surface area contributed by atoms with Crippen molar-refractivity contribution in [2.75, 3.05) is 0 Å². The summed E-state index contributed by atoms with van der Waals surface area (Å²) >= 11 is 1.01. The van der Waals surface area contributed by atoms with Crippen molar-refractivity contribution in [3.63, 3.8) is 0 Å². The number of H-pyrrole nitrogens is 1. The normalized spacial score (nSPS) is 10.6. The van der Waals surface area contributed by atoms with Crippen molar-refractivity contribution in [2.45, 2.75) is 16.7 Å².